The second-order valence-electron chi connectivity index (χ2n) is 14.5. The highest BCUT2D eigenvalue weighted by atomic mass is 31.2. The smallest absolute Gasteiger partial charge is 0.472 e. The van der Waals surface area contributed by atoms with Gasteiger partial charge in [-0.25, -0.2) is 4.57 Å². The Morgan fingerprint density at radius 1 is 0.552 bits per heavy atom. The average Bonchev–Trinajstić information content (AvgIpc) is 3.20. The molecule has 0 aromatic carbocycles. The monoisotopic (exact) mass is 836 g/mol. The van der Waals surface area contributed by atoms with Crippen molar-refractivity contribution in [3.63, 3.8) is 0 Å². The number of carbonyl (C=O) groups is 3. The molecule has 0 saturated carbocycles. The maximum Gasteiger partial charge on any atom is 0.472 e. The maximum atomic E-state index is 12.6. The second-order valence-corrected chi connectivity index (χ2v) is 15.9. The van der Waals surface area contributed by atoms with E-state index in [4.69, 9.17) is 24.8 Å². The molecule has 0 aliphatic carbocycles. The minimum absolute atomic E-state index is 0.0947. The lowest BCUT2D eigenvalue weighted by Crippen LogP contribution is -2.34. The number of allylic oxidation sites excluding steroid dienone is 12. The summed E-state index contributed by atoms with van der Waals surface area (Å²) in [5.74, 6) is -2.49. The lowest BCUT2D eigenvalue weighted by atomic mass is 10.0. The number of nitrogens with two attached hydrogens (primary N) is 1. The molecular weight excluding hydrogens is 757 g/mol. The average molecular weight is 836 g/mol. The zero-order valence-corrected chi connectivity index (χ0v) is 36.8. The van der Waals surface area contributed by atoms with Gasteiger partial charge >= 0.3 is 25.7 Å². The first-order chi connectivity index (χ1) is 28.1. The zero-order chi connectivity index (χ0) is 42.8. The Balaban J connectivity index is 4.48. The van der Waals surface area contributed by atoms with Crippen LogP contribution >= 0.6 is 7.82 Å². The summed E-state index contributed by atoms with van der Waals surface area (Å²) < 4.78 is 32.6. The molecule has 3 atom stereocenters. The van der Waals surface area contributed by atoms with Crippen molar-refractivity contribution in [2.24, 2.45) is 5.73 Å². The van der Waals surface area contributed by atoms with Crippen LogP contribution in [0.3, 0.4) is 0 Å². The lowest BCUT2D eigenvalue weighted by Gasteiger charge is -2.20. The van der Waals surface area contributed by atoms with Crippen LogP contribution in [0.2, 0.25) is 0 Å². The van der Waals surface area contributed by atoms with Crippen LogP contribution in [0.1, 0.15) is 168 Å². The molecule has 4 N–H and O–H groups in total. The molecule has 0 aromatic rings. The van der Waals surface area contributed by atoms with Crippen LogP contribution in [0.4, 0.5) is 0 Å². The first-order valence-corrected chi connectivity index (χ1v) is 23.5. The van der Waals surface area contributed by atoms with Crippen LogP contribution in [0.5, 0.6) is 0 Å². The number of carboxylic acids is 1. The minimum Gasteiger partial charge on any atom is -0.480 e. The highest BCUT2D eigenvalue weighted by Crippen LogP contribution is 2.43. The third-order valence-corrected chi connectivity index (χ3v) is 9.93. The van der Waals surface area contributed by atoms with Gasteiger partial charge in [-0.05, 0) is 51.4 Å². The predicted molar refractivity (Wildman–Crippen MR) is 235 cm³/mol. The van der Waals surface area contributed by atoms with E-state index in [1.807, 2.05) is 12.2 Å². The molecule has 58 heavy (non-hydrogen) atoms. The SMILES string of the molecule is CC/C=C\C/C=C\C/C=C\C/C=C\C/C=C\C/C=C\CCC(=O)OC[C@H](COP(=O)(O)OC[C@H](N)C(=O)O)OC(=O)CCCCCCCCCCCCCCCCC. The van der Waals surface area contributed by atoms with Gasteiger partial charge in [-0.2, -0.15) is 0 Å². The molecule has 0 aliphatic heterocycles. The Morgan fingerprint density at radius 3 is 1.41 bits per heavy atom. The van der Waals surface area contributed by atoms with Gasteiger partial charge in [0.05, 0.1) is 13.2 Å². The fraction of sp³-hybridized carbons (Fsp3) is 0.674. The van der Waals surface area contributed by atoms with Gasteiger partial charge < -0.3 is 25.2 Å². The van der Waals surface area contributed by atoms with Crippen molar-refractivity contribution in [3.8, 4) is 0 Å². The minimum atomic E-state index is -4.73. The fourth-order valence-corrected chi connectivity index (χ4v) is 6.34. The number of aliphatic carboxylic acids is 1. The van der Waals surface area contributed by atoms with E-state index < -0.39 is 51.1 Å². The maximum absolute atomic E-state index is 12.6. The van der Waals surface area contributed by atoms with Crippen molar-refractivity contribution in [2.75, 3.05) is 19.8 Å². The second kappa shape index (κ2) is 40.7. The van der Waals surface area contributed by atoms with Crippen LogP contribution in [0.25, 0.3) is 0 Å². The topological polar surface area (TPSA) is 172 Å². The Kier molecular flexibility index (Phi) is 38.5. The third-order valence-electron chi connectivity index (χ3n) is 8.98. The van der Waals surface area contributed by atoms with Crippen molar-refractivity contribution in [3.05, 3.63) is 72.9 Å². The quantitative estimate of drug-likeness (QED) is 0.0232. The standard InChI is InChI=1S/C46H78NO10P/c1-3-5-7-9-11-13-15-17-19-20-21-22-24-25-27-29-31-33-35-37-44(48)54-39-42(40-55-58(52,53)56-41-43(47)46(50)51)57-45(49)38-36-34-32-30-28-26-23-18-16-14-12-10-8-6-4-2/h5,7,11,13,17,19,21-22,25,27,31,33,42-43H,3-4,6,8-10,12,14-16,18,20,23-24,26,28-30,32,34-41,47H2,1-2H3,(H,50,51)(H,52,53)/b7-5-,13-11-,19-17-,22-21-,27-25-,33-31-/t42-,43+/m1/s1. The van der Waals surface area contributed by atoms with Crippen molar-refractivity contribution < 1.29 is 47.5 Å². The van der Waals surface area contributed by atoms with E-state index in [1.54, 1.807) is 0 Å². The predicted octanol–water partition coefficient (Wildman–Crippen LogP) is 11.7. The first kappa shape index (κ1) is 54.9. The zero-order valence-electron chi connectivity index (χ0n) is 35.9. The number of hydrogen-bond donors (Lipinski definition) is 3. The van der Waals surface area contributed by atoms with E-state index in [0.717, 1.165) is 57.8 Å². The molecule has 11 nitrogen and oxygen atoms in total. The molecule has 0 aromatic heterocycles. The van der Waals surface area contributed by atoms with Crippen LogP contribution in [-0.4, -0.2) is 59.9 Å². The van der Waals surface area contributed by atoms with E-state index in [0.29, 0.717) is 12.8 Å². The van der Waals surface area contributed by atoms with Gasteiger partial charge in [0, 0.05) is 12.8 Å². The summed E-state index contributed by atoms with van der Waals surface area (Å²) in [6, 6.07) is -1.53. The number of esters is 2. The fourth-order valence-electron chi connectivity index (χ4n) is 5.56. The van der Waals surface area contributed by atoms with Gasteiger partial charge in [-0.3, -0.25) is 23.4 Å². The van der Waals surface area contributed by atoms with Gasteiger partial charge in [-0.15, -0.1) is 0 Å². The molecule has 0 amide bonds. The van der Waals surface area contributed by atoms with Crippen molar-refractivity contribution in [1.29, 1.82) is 0 Å². The molecule has 0 spiro atoms. The molecule has 332 valence electrons. The molecule has 0 rings (SSSR count). The summed E-state index contributed by atoms with van der Waals surface area (Å²) in [6.45, 7) is 2.61. The van der Waals surface area contributed by atoms with Gasteiger partial charge in [-0.1, -0.05) is 177 Å². The number of ether oxygens (including phenoxy) is 2. The summed E-state index contributed by atoms with van der Waals surface area (Å²) in [5, 5.41) is 8.89. The molecule has 0 saturated heterocycles. The van der Waals surface area contributed by atoms with Gasteiger partial charge in [0.25, 0.3) is 0 Å². The Morgan fingerprint density at radius 2 is 0.966 bits per heavy atom. The van der Waals surface area contributed by atoms with E-state index in [9.17, 15) is 23.8 Å². The molecule has 1 unspecified atom stereocenters. The van der Waals surface area contributed by atoms with Crippen LogP contribution in [0, 0.1) is 0 Å². The van der Waals surface area contributed by atoms with Gasteiger partial charge in [0.15, 0.2) is 6.10 Å². The molecule has 0 aliphatic rings. The Hall–Kier alpha value is -3.08. The normalized spacial score (nSPS) is 14.4. The van der Waals surface area contributed by atoms with E-state index in [2.05, 4.69) is 79.1 Å². The highest BCUT2D eigenvalue weighted by molar-refractivity contribution is 7.47. The Labute approximate surface area is 350 Å². The van der Waals surface area contributed by atoms with E-state index in [-0.39, 0.29) is 19.4 Å². The highest BCUT2D eigenvalue weighted by Gasteiger charge is 2.28. The number of carboxylic acid groups (broad SMARTS) is 1. The lowest BCUT2D eigenvalue weighted by molar-refractivity contribution is -0.161. The third kappa shape index (κ3) is 39.7. The van der Waals surface area contributed by atoms with E-state index >= 15 is 0 Å². The molecule has 0 bridgehead atoms. The summed E-state index contributed by atoms with van der Waals surface area (Å²) in [5.41, 5.74) is 5.33. The van der Waals surface area contributed by atoms with Crippen molar-refractivity contribution in [1.82, 2.24) is 0 Å². The number of carbonyl (C=O) groups excluding carboxylic acids is 2. The molecular formula is C46H78NO10P. The summed E-state index contributed by atoms with van der Waals surface area (Å²) in [7, 11) is -4.73. The van der Waals surface area contributed by atoms with E-state index in [1.165, 1.54) is 70.6 Å². The van der Waals surface area contributed by atoms with Gasteiger partial charge in [0.2, 0.25) is 0 Å². The molecule has 0 radical (unpaired) electrons. The van der Waals surface area contributed by atoms with Gasteiger partial charge in [0.1, 0.15) is 12.6 Å². The summed E-state index contributed by atoms with van der Waals surface area (Å²) in [6.07, 6.45) is 48.4. The molecule has 12 heteroatoms. The summed E-state index contributed by atoms with van der Waals surface area (Å²) in [4.78, 5) is 45.9. The molecule has 0 heterocycles. The first-order valence-electron chi connectivity index (χ1n) is 22.0. The van der Waals surface area contributed by atoms with Crippen molar-refractivity contribution in [2.45, 2.75) is 180 Å². The number of phosphoric acid groups is 1. The molecule has 0 fully saturated rings. The van der Waals surface area contributed by atoms with Crippen LogP contribution in [-0.2, 0) is 37.5 Å². The largest absolute Gasteiger partial charge is 0.480 e. The number of phosphoric ester groups is 1. The number of unbranched alkanes of at least 4 members (excludes halogenated alkanes) is 14. The Bertz CT molecular complexity index is 1260. The number of rotatable bonds is 40. The van der Waals surface area contributed by atoms with Crippen molar-refractivity contribution >= 4 is 25.7 Å². The number of hydrogen-bond acceptors (Lipinski definition) is 9. The van der Waals surface area contributed by atoms with Crippen LogP contribution < -0.4 is 5.73 Å². The summed E-state index contributed by atoms with van der Waals surface area (Å²) >= 11 is 0. The van der Waals surface area contributed by atoms with Crippen LogP contribution in [0.15, 0.2) is 72.9 Å².